The highest BCUT2D eigenvalue weighted by Crippen LogP contribution is 2.19. The molecule has 2 rings (SSSR count). The maximum atomic E-state index is 5.38. The predicted octanol–water partition coefficient (Wildman–Crippen LogP) is 3.15. The van der Waals surface area contributed by atoms with Gasteiger partial charge in [-0.1, -0.05) is 30.3 Å². The molecule has 1 N–H and O–H groups in total. The Balaban J connectivity index is 2.26. The van der Waals surface area contributed by atoms with Crippen molar-refractivity contribution in [2.75, 3.05) is 25.1 Å². The van der Waals surface area contributed by atoms with Crippen LogP contribution in [0.3, 0.4) is 0 Å². The molecule has 106 valence electrons. The summed E-state index contributed by atoms with van der Waals surface area (Å²) in [7, 11) is 0. The molecule has 0 unspecified atom stereocenters. The minimum Gasteiger partial charge on any atom is -0.381 e. The van der Waals surface area contributed by atoms with Gasteiger partial charge in [0.05, 0.1) is 12.3 Å². The lowest BCUT2D eigenvalue weighted by atomic mass is 10.1. The van der Waals surface area contributed by atoms with Crippen molar-refractivity contribution in [2.45, 2.75) is 20.3 Å². The lowest BCUT2D eigenvalue weighted by Crippen LogP contribution is -2.07. The number of hydrogen-bond acceptors (Lipinski definition) is 4. The Morgan fingerprint density at radius 1 is 1.10 bits per heavy atom. The average Bonchev–Trinajstić information content (AvgIpc) is 2.49. The van der Waals surface area contributed by atoms with Gasteiger partial charge in [0.1, 0.15) is 11.6 Å². The van der Waals surface area contributed by atoms with E-state index in [1.807, 2.05) is 31.2 Å². The molecule has 0 atom stereocenters. The summed E-state index contributed by atoms with van der Waals surface area (Å²) in [5.74, 6) is 1.68. The zero-order chi connectivity index (χ0) is 14.2. The van der Waals surface area contributed by atoms with Crippen LogP contribution >= 0.6 is 0 Å². The Hall–Kier alpha value is -1.94. The highest BCUT2D eigenvalue weighted by Gasteiger charge is 2.06. The molecule has 4 nitrogen and oxygen atoms in total. The SMILES string of the molecule is CCNc1cc(-c2ccccc2)nc(CCOCC)n1. The van der Waals surface area contributed by atoms with Crippen LogP contribution in [-0.4, -0.2) is 29.7 Å². The minimum atomic E-state index is 0.653. The van der Waals surface area contributed by atoms with Crippen molar-refractivity contribution >= 4 is 5.82 Å². The first-order valence-corrected chi connectivity index (χ1v) is 7.08. The number of benzene rings is 1. The smallest absolute Gasteiger partial charge is 0.133 e. The Morgan fingerprint density at radius 2 is 1.90 bits per heavy atom. The van der Waals surface area contributed by atoms with E-state index in [-0.39, 0.29) is 0 Å². The van der Waals surface area contributed by atoms with Crippen molar-refractivity contribution in [1.29, 1.82) is 0 Å². The zero-order valence-corrected chi connectivity index (χ0v) is 12.1. The van der Waals surface area contributed by atoms with Gasteiger partial charge in [0.25, 0.3) is 0 Å². The van der Waals surface area contributed by atoms with Gasteiger partial charge in [-0.3, -0.25) is 0 Å². The summed E-state index contributed by atoms with van der Waals surface area (Å²) in [6.07, 6.45) is 0.729. The molecule has 1 heterocycles. The number of aromatic nitrogens is 2. The lowest BCUT2D eigenvalue weighted by molar-refractivity contribution is 0.149. The van der Waals surface area contributed by atoms with Gasteiger partial charge in [-0.05, 0) is 13.8 Å². The van der Waals surface area contributed by atoms with Gasteiger partial charge in [-0.25, -0.2) is 9.97 Å². The molecule has 0 bridgehead atoms. The van der Waals surface area contributed by atoms with Crippen LogP contribution in [0.25, 0.3) is 11.3 Å². The van der Waals surface area contributed by atoms with Crippen molar-refractivity contribution in [3.8, 4) is 11.3 Å². The van der Waals surface area contributed by atoms with Crippen molar-refractivity contribution in [3.63, 3.8) is 0 Å². The van der Waals surface area contributed by atoms with Crippen LogP contribution in [-0.2, 0) is 11.2 Å². The first-order valence-electron chi connectivity index (χ1n) is 7.08. The van der Waals surface area contributed by atoms with Crippen LogP contribution in [0.15, 0.2) is 36.4 Å². The molecule has 0 saturated carbocycles. The largest absolute Gasteiger partial charge is 0.381 e. The van der Waals surface area contributed by atoms with E-state index < -0.39 is 0 Å². The molecule has 0 aliphatic rings. The second-order valence-corrected chi connectivity index (χ2v) is 4.40. The van der Waals surface area contributed by atoms with Gasteiger partial charge in [-0.15, -0.1) is 0 Å². The summed E-state index contributed by atoms with van der Waals surface area (Å²) >= 11 is 0. The third-order valence-electron chi connectivity index (χ3n) is 2.87. The third kappa shape index (κ3) is 4.03. The van der Waals surface area contributed by atoms with Gasteiger partial charge in [0, 0.05) is 31.2 Å². The Bertz CT molecular complexity index is 529. The van der Waals surface area contributed by atoms with E-state index in [0.29, 0.717) is 6.61 Å². The van der Waals surface area contributed by atoms with Gasteiger partial charge in [0.15, 0.2) is 0 Å². The minimum absolute atomic E-state index is 0.653. The molecule has 1 aromatic heterocycles. The fraction of sp³-hybridized carbons (Fsp3) is 0.375. The topological polar surface area (TPSA) is 47.0 Å². The van der Waals surface area contributed by atoms with Gasteiger partial charge >= 0.3 is 0 Å². The molecular weight excluding hydrogens is 250 g/mol. The maximum absolute atomic E-state index is 5.38. The number of nitrogens with one attached hydrogen (secondary N) is 1. The van der Waals surface area contributed by atoms with E-state index >= 15 is 0 Å². The van der Waals surface area contributed by atoms with E-state index in [4.69, 9.17) is 4.74 Å². The normalized spacial score (nSPS) is 10.5. The molecule has 2 aromatic rings. The molecule has 0 radical (unpaired) electrons. The fourth-order valence-corrected chi connectivity index (χ4v) is 1.95. The van der Waals surface area contributed by atoms with Crippen LogP contribution in [0.5, 0.6) is 0 Å². The van der Waals surface area contributed by atoms with Crippen LogP contribution in [0.2, 0.25) is 0 Å². The van der Waals surface area contributed by atoms with Crippen LogP contribution in [0.4, 0.5) is 5.82 Å². The van der Waals surface area contributed by atoms with Crippen LogP contribution < -0.4 is 5.32 Å². The second-order valence-electron chi connectivity index (χ2n) is 4.40. The summed E-state index contributed by atoms with van der Waals surface area (Å²) < 4.78 is 5.38. The van der Waals surface area contributed by atoms with Crippen LogP contribution in [0.1, 0.15) is 19.7 Å². The molecule has 0 aliphatic heterocycles. The molecule has 0 amide bonds. The predicted molar refractivity (Wildman–Crippen MR) is 81.8 cm³/mol. The van der Waals surface area contributed by atoms with Crippen LogP contribution in [0, 0.1) is 0 Å². The molecule has 1 aromatic carbocycles. The zero-order valence-electron chi connectivity index (χ0n) is 12.1. The summed E-state index contributed by atoms with van der Waals surface area (Å²) in [5.41, 5.74) is 2.05. The molecular formula is C16H21N3O. The van der Waals surface area contributed by atoms with Crippen molar-refractivity contribution in [1.82, 2.24) is 9.97 Å². The second kappa shape index (κ2) is 7.60. The van der Waals surface area contributed by atoms with E-state index in [2.05, 4.69) is 34.3 Å². The summed E-state index contributed by atoms with van der Waals surface area (Å²) in [4.78, 5) is 9.14. The Kier molecular flexibility index (Phi) is 5.50. The number of anilines is 1. The Morgan fingerprint density at radius 3 is 2.60 bits per heavy atom. The fourth-order valence-electron chi connectivity index (χ4n) is 1.95. The van der Waals surface area contributed by atoms with E-state index in [1.165, 1.54) is 0 Å². The number of ether oxygens (including phenoxy) is 1. The summed E-state index contributed by atoms with van der Waals surface area (Å²) in [5, 5.41) is 3.26. The van der Waals surface area contributed by atoms with Crippen molar-refractivity contribution in [2.24, 2.45) is 0 Å². The first kappa shape index (κ1) is 14.5. The number of rotatable bonds is 7. The molecule has 0 aliphatic carbocycles. The monoisotopic (exact) mass is 271 g/mol. The summed E-state index contributed by atoms with van der Waals surface area (Å²) in [6.45, 7) is 6.27. The highest BCUT2D eigenvalue weighted by atomic mass is 16.5. The van der Waals surface area contributed by atoms with Crippen molar-refractivity contribution < 1.29 is 4.74 Å². The van der Waals surface area contributed by atoms with Gasteiger partial charge < -0.3 is 10.1 Å². The number of hydrogen-bond donors (Lipinski definition) is 1. The average molecular weight is 271 g/mol. The Labute approximate surface area is 120 Å². The van der Waals surface area contributed by atoms with E-state index in [1.54, 1.807) is 0 Å². The van der Waals surface area contributed by atoms with E-state index in [9.17, 15) is 0 Å². The van der Waals surface area contributed by atoms with Crippen molar-refractivity contribution in [3.05, 3.63) is 42.2 Å². The standard InChI is InChI=1S/C16H21N3O/c1-3-17-16-12-14(13-8-6-5-7-9-13)18-15(19-16)10-11-20-4-2/h5-9,12H,3-4,10-11H2,1-2H3,(H,17,18,19). The third-order valence-corrected chi connectivity index (χ3v) is 2.87. The molecule has 0 fully saturated rings. The molecule has 20 heavy (non-hydrogen) atoms. The first-order chi connectivity index (χ1) is 9.83. The van der Waals surface area contributed by atoms with Gasteiger partial charge in [-0.2, -0.15) is 0 Å². The van der Waals surface area contributed by atoms with E-state index in [0.717, 1.165) is 42.5 Å². The molecule has 0 spiro atoms. The molecule has 0 saturated heterocycles. The number of nitrogens with zero attached hydrogens (tertiary/aromatic N) is 2. The quantitative estimate of drug-likeness (QED) is 0.786. The lowest BCUT2D eigenvalue weighted by Gasteiger charge is -2.09. The molecule has 4 heteroatoms. The summed E-state index contributed by atoms with van der Waals surface area (Å²) in [6, 6.07) is 12.2. The maximum Gasteiger partial charge on any atom is 0.133 e. The van der Waals surface area contributed by atoms with Gasteiger partial charge in [0.2, 0.25) is 0 Å². The highest BCUT2D eigenvalue weighted by molar-refractivity contribution is 5.62.